The van der Waals surface area contributed by atoms with Crippen LogP contribution in [-0.4, -0.2) is 50.4 Å². The van der Waals surface area contributed by atoms with E-state index in [4.69, 9.17) is 9.47 Å². The number of ether oxygens (including phenoxy) is 2. The van der Waals surface area contributed by atoms with Crippen LogP contribution in [-0.2, 0) is 28.7 Å². The molecule has 0 heterocycles. The molecule has 0 unspecified atom stereocenters. The van der Waals surface area contributed by atoms with E-state index >= 15 is 0 Å². The molecule has 0 rings (SSSR count). The molecule has 0 amide bonds. The van der Waals surface area contributed by atoms with Crippen molar-refractivity contribution in [3.05, 3.63) is 12.2 Å². The largest absolute Gasteiger partial charge is 0.465 e. The minimum Gasteiger partial charge on any atom is -0.465 e. The maximum Gasteiger partial charge on any atom is 0.330 e. The lowest BCUT2D eigenvalue weighted by atomic mass is 10.4. The first kappa shape index (κ1) is 18.4. The summed E-state index contributed by atoms with van der Waals surface area (Å²) in [4.78, 5) is 48.5. The molecule has 8 heteroatoms. The van der Waals surface area contributed by atoms with Gasteiger partial charge < -0.3 is 9.47 Å². The first-order valence-electron chi connectivity index (χ1n) is 6.27. The van der Waals surface area contributed by atoms with E-state index in [-0.39, 0.29) is 32.7 Å². The van der Waals surface area contributed by atoms with Gasteiger partial charge in [0, 0.05) is 18.9 Å². The van der Waals surface area contributed by atoms with E-state index in [0.717, 1.165) is 6.08 Å². The van der Waals surface area contributed by atoms with Gasteiger partial charge in [-0.25, -0.2) is 24.4 Å². The zero-order chi connectivity index (χ0) is 15.8. The highest BCUT2D eigenvalue weighted by molar-refractivity contribution is 5.83. The van der Waals surface area contributed by atoms with Gasteiger partial charge in [0.2, 0.25) is 12.2 Å². The van der Waals surface area contributed by atoms with Crippen molar-refractivity contribution in [3.8, 4) is 0 Å². The molecule has 0 atom stereocenters. The zero-order valence-corrected chi connectivity index (χ0v) is 11.4. The lowest BCUT2D eigenvalue weighted by molar-refractivity contribution is -0.142. The second kappa shape index (κ2) is 13.9. The second-order valence-electron chi connectivity index (χ2n) is 3.65. The van der Waals surface area contributed by atoms with Crippen molar-refractivity contribution >= 4 is 24.1 Å². The van der Waals surface area contributed by atoms with Gasteiger partial charge in [0.1, 0.15) is 0 Å². The Bertz CT molecular complexity index is 448. The molecule has 0 N–H and O–H groups in total. The molecule has 114 valence electrons. The molecule has 8 nitrogen and oxygen atoms in total. The molecule has 0 aromatic rings. The molecule has 0 saturated heterocycles. The third-order valence-corrected chi connectivity index (χ3v) is 2.00. The number of nitrogens with zero attached hydrogens (tertiary/aromatic N) is 2. The highest BCUT2D eigenvalue weighted by Gasteiger charge is 2.01. The van der Waals surface area contributed by atoms with Crippen molar-refractivity contribution in [2.45, 2.75) is 19.3 Å². The van der Waals surface area contributed by atoms with E-state index in [1.165, 1.54) is 18.2 Å². The van der Waals surface area contributed by atoms with Crippen LogP contribution in [0.25, 0.3) is 0 Å². The van der Waals surface area contributed by atoms with Gasteiger partial charge in [-0.15, -0.1) is 0 Å². The molecule has 0 aliphatic rings. The molecule has 0 fully saturated rings. The summed E-state index contributed by atoms with van der Waals surface area (Å²) in [5.41, 5.74) is 0. The Labute approximate surface area is 121 Å². The molecule has 0 aliphatic carbocycles. The van der Waals surface area contributed by atoms with Gasteiger partial charge in [0.15, 0.2) is 0 Å². The lowest BCUT2D eigenvalue weighted by Gasteiger charge is -2.01. The van der Waals surface area contributed by atoms with Crippen LogP contribution in [0.15, 0.2) is 22.1 Å². The molecule has 0 bridgehead atoms. The summed E-state index contributed by atoms with van der Waals surface area (Å²) in [5.74, 6) is -1.08. The summed E-state index contributed by atoms with van der Waals surface area (Å²) in [6, 6.07) is 0. The van der Waals surface area contributed by atoms with Crippen LogP contribution >= 0.6 is 0 Å². The van der Waals surface area contributed by atoms with Crippen LogP contribution in [0, 0.1) is 0 Å². The molecule has 0 aliphatic heterocycles. The monoisotopic (exact) mass is 296 g/mol. The lowest BCUT2D eigenvalue weighted by Crippen LogP contribution is -2.06. The molecule has 0 spiro atoms. The Morgan fingerprint density at radius 2 is 1.52 bits per heavy atom. The predicted octanol–water partition coefficient (Wildman–Crippen LogP) is 0.471. The summed E-state index contributed by atoms with van der Waals surface area (Å²) >= 11 is 0. The number of hydrogen-bond donors (Lipinski definition) is 0. The Morgan fingerprint density at radius 1 is 0.952 bits per heavy atom. The summed E-state index contributed by atoms with van der Waals surface area (Å²) in [5, 5.41) is 0. The second-order valence-corrected chi connectivity index (χ2v) is 3.65. The maximum absolute atomic E-state index is 11.2. The van der Waals surface area contributed by atoms with Crippen LogP contribution in [0.4, 0.5) is 0 Å². The fourth-order valence-electron chi connectivity index (χ4n) is 1.10. The third kappa shape index (κ3) is 13.7. The average molecular weight is 296 g/mol. The minimum absolute atomic E-state index is 0.0541. The summed E-state index contributed by atoms with van der Waals surface area (Å²) < 4.78 is 9.59. The van der Waals surface area contributed by atoms with Crippen LogP contribution < -0.4 is 0 Å². The first-order valence-corrected chi connectivity index (χ1v) is 6.27. The number of esters is 2. The van der Waals surface area contributed by atoms with E-state index in [0.29, 0.717) is 12.8 Å². The van der Waals surface area contributed by atoms with Crippen molar-refractivity contribution in [3.63, 3.8) is 0 Å². The van der Waals surface area contributed by atoms with Gasteiger partial charge in [0.25, 0.3) is 0 Å². The zero-order valence-electron chi connectivity index (χ0n) is 11.4. The number of hydrogen-bond acceptors (Lipinski definition) is 8. The Kier molecular flexibility index (Phi) is 12.2. The number of aliphatic imine (C=N–C) groups is 2. The fraction of sp³-hybridized carbons (Fsp3) is 0.538. The summed E-state index contributed by atoms with van der Waals surface area (Å²) in [7, 11) is 0. The van der Waals surface area contributed by atoms with E-state index < -0.39 is 11.9 Å². The fourth-order valence-corrected chi connectivity index (χ4v) is 1.10. The predicted molar refractivity (Wildman–Crippen MR) is 70.9 cm³/mol. The van der Waals surface area contributed by atoms with E-state index in [1.807, 2.05) is 0 Å². The number of carbonyl (C=O) groups excluding carboxylic acids is 4. The number of isocyanates is 2. The van der Waals surface area contributed by atoms with E-state index in [9.17, 15) is 19.2 Å². The standard InChI is InChI=1S/C13H16N2O6/c16-10-14-6-2-8-20-12(18)4-1-5-13(19)21-9-3-7-15-11-17/h1,4H,2-3,5-9H2. The van der Waals surface area contributed by atoms with Gasteiger partial charge >= 0.3 is 11.9 Å². The first-order chi connectivity index (χ1) is 10.2. The summed E-state index contributed by atoms with van der Waals surface area (Å²) in [6.45, 7) is 0.795. The Hall–Kier alpha value is -2.56. The van der Waals surface area contributed by atoms with Gasteiger partial charge in [-0.1, -0.05) is 6.08 Å². The van der Waals surface area contributed by atoms with Gasteiger partial charge in [-0.2, -0.15) is 0 Å². The van der Waals surface area contributed by atoms with Gasteiger partial charge in [0.05, 0.1) is 32.7 Å². The molecular formula is C13H16N2O6. The molecular weight excluding hydrogens is 280 g/mol. The van der Waals surface area contributed by atoms with Crippen molar-refractivity contribution in [2.24, 2.45) is 9.98 Å². The van der Waals surface area contributed by atoms with Crippen LogP contribution in [0.3, 0.4) is 0 Å². The van der Waals surface area contributed by atoms with Crippen LogP contribution in [0.5, 0.6) is 0 Å². The van der Waals surface area contributed by atoms with Crippen molar-refractivity contribution < 1.29 is 28.7 Å². The molecule has 0 saturated carbocycles. The van der Waals surface area contributed by atoms with Crippen LogP contribution in [0.1, 0.15) is 19.3 Å². The quantitative estimate of drug-likeness (QED) is 0.180. The van der Waals surface area contributed by atoms with Crippen molar-refractivity contribution in [1.82, 2.24) is 0 Å². The van der Waals surface area contributed by atoms with Gasteiger partial charge in [-0.05, 0) is 0 Å². The number of rotatable bonds is 11. The van der Waals surface area contributed by atoms with Gasteiger partial charge in [-0.3, -0.25) is 4.79 Å². The highest BCUT2D eigenvalue weighted by Crippen LogP contribution is 1.93. The third-order valence-electron chi connectivity index (χ3n) is 2.00. The van der Waals surface area contributed by atoms with Crippen molar-refractivity contribution in [2.75, 3.05) is 26.3 Å². The van der Waals surface area contributed by atoms with Crippen molar-refractivity contribution in [1.29, 1.82) is 0 Å². The highest BCUT2D eigenvalue weighted by atomic mass is 16.5. The van der Waals surface area contributed by atoms with E-state index in [2.05, 4.69) is 9.98 Å². The number of carbonyl (C=O) groups is 2. The maximum atomic E-state index is 11.2. The topological polar surface area (TPSA) is 111 Å². The molecule has 21 heavy (non-hydrogen) atoms. The minimum atomic E-state index is -0.585. The average Bonchev–Trinajstić information content (AvgIpc) is 2.47. The molecule has 0 radical (unpaired) electrons. The Balaban J connectivity index is 3.63. The molecule has 0 aromatic heterocycles. The summed E-state index contributed by atoms with van der Waals surface area (Å²) in [6.07, 6.45) is 6.03. The van der Waals surface area contributed by atoms with Crippen LogP contribution in [0.2, 0.25) is 0 Å². The Morgan fingerprint density at radius 3 is 2.10 bits per heavy atom. The normalized spacial score (nSPS) is 9.52. The SMILES string of the molecule is O=C=NCCCOC(=O)C=CCC(=O)OCCCN=C=O. The molecule has 0 aromatic carbocycles. The smallest absolute Gasteiger partial charge is 0.330 e. The van der Waals surface area contributed by atoms with E-state index in [1.54, 1.807) is 0 Å².